The summed E-state index contributed by atoms with van der Waals surface area (Å²) in [6, 6.07) is 0. The van der Waals surface area contributed by atoms with Crippen LogP contribution in [0.5, 0.6) is 0 Å². The summed E-state index contributed by atoms with van der Waals surface area (Å²) in [7, 11) is 3.42. The molecule has 0 aromatic rings. The number of likely N-dealkylation sites (N-methyl/N-ethyl adjacent to an activating group) is 2. The summed E-state index contributed by atoms with van der Waals surface area (Å²) < 4.78 is 0. The fourth-order valence-electron chi connectivity index (χ4n) is 1.93. The Morgan fingerprint density at radius 1 is 1.29 bits per heavy atom. The summed E-state index contributed by atoms with van der Waals surface area (Å²) in [4.78, 5) is 27.0. The van der Waals surface area contributed by atoms with Gasteiger partial charge < -0.3 is 9.80 Å². The Bertz CT molecular complexity index is 311. The molecule has 0 N–H and O–H groups in total. The van der Waals surface area contributed by atoms with Gasteiger partial charge in [0.05, 0.1) is 6.54 Å². The lowest BCUT2D eigenvalue weighted by molar-refractivity contribution is -0.141. The van der Waals surface area contributed by atoms with Crippen molar-refractivity contribution in [2.45, 2.75) is 26.2 Å². The Morgan fingerprint density at radius 2 is 2.00 bits per heavy atom. The highest BCUT2D eigenvalue weighted by Crippen LogP contribution is 2.20. The van der Waals surface area contributed by atoms with Gasteiger partial charge in [-0.05, 0) is 26.2 Å². The van der Waals surface area contributed by atoms with Gasteiger partial charge in [-0.25, -0.2) is 0 Å². The molecule has 1 rings (SSSR count). The first-order valence-electron chi connectivity index (χ1n) is 6.20. The Kier molecular flexibility index (Phi) is 5.19. The minimum absolute atomic E-state index is 0.0217. The topological polar surface area (TPSA) is 40.6 Å². The van der Waals surface area contributed by atoms with Gasteiger partial charge in [0.15, 0.2) is 0 Å². The molecule has 0 radical (unpaired) electrons. The number of rotatable bonds is 4. The van der Waals surface area contributed by atoms with Gasteiger partial charge in [0.25, 0.3) is 0 Å². The Morgan fingerprint density at radius 3 is 2.47 bits per heavy atom. The molecule has 1 aliphatic carbocycles. The number of amides is 2. The number of hydrogen-bond donors (Lipinski definition) is 0. The van der Waals surface area contributed by atoms with Gasteiger partial charge in [0, 0.05) is 26.6 Å². The molecule has 0 aromatic heterocycles. The van der Waals surface area contributed by atoms with E-state index in [4.69, 9.17) is 0 Å². The zero-order valence-electron chi connectivity index (χ0n) is 11.0. The molecule has 0 saturated carbocycles. The highest BCUT2D eigenvalue weighted by atomic mass is 16.2. The molecule has 1 aliphatic rings. The molecule has 17 heavy (non-hydrogen) atoms. The lowest BCUT2D eigenvalue weighted by atomic mass is 9.93. The number of carbonyl (C=O) groups is 2. The SMILES string of the molecule is CCN(CC(=O)N(C)C)C(=O)[C@@H]1CC=CCC1. The molecule has 0 unspecified atom stereocenters. The van der Waals surface area contributed by atoms with Crippen LogP contribution < -0.4 is 0 Å². The van der Waals surface area contributed by atoms with E-state index in [1.807, 2.05) is 6.92 Å². The van der Waals surface area contributed by atoms with Gasteiger partial charge in [-0.2, -0.15) is 0 Å². The van der Waals surface area contributed by atoms with E-state index in [0.29, 0.717) is 6.54 Å². The molecule has 1 atom stereocenters. The fraction of sp³-hybridized carbons (Fsp3) is 0.692. The molecule has 0 aliphatic heterocycles. The summed E-state index contributed by atoms with van der Waals surface area (Å²) in [5.74, 6) is 0.161. The van der Waals surface area contributed by atoms with Crippen molar-refractivity contribution in [3.8, 4) is 0 Å². The maximum absolute atomic E-state index is 12.2. The van der Waals surface area contributed by atoms with Crippen molar-refractivity contribution in [1.29, 1.82) is 0 Å². The molecular formula is C13H22N2O2. The van der Waals surface area contributed by atoms with E-state index >= 15 is 0 Å². The van der Waals surface area contributed by atoms with Crippen molar-refractivity contribution < 1.29 is 9.59 Å². The minimum atomic E-state index is -0.0217. The highest BCUT2D eigenvalue weighted by Gasteiger charge is 2.25. The average molecular weight is 238 g/mol. The summed E-state index contributed by atoms with van der Waals surface area (Å²) in [6.45, 7) is 2.71. The zero-order valence-corrected chi connectivity index (χ0v) is 11.0. The van der Waals surface area contributed by atoms with Gasteiger partial charge in [-0.15, -0.1) is 0 Å². The van der Waals surface area contributed by atoms with Gasteiger partial charge in [0.1, 0.15) is 0 Å². The molecule has 4 nitrogen and oxygen atoms in total. The third-order valence-electron chi connectivity index (χ3n) is 3.14. The number of carbonyl (C=O) groups excluding carboxylic acids is 2. The second kappa shape index (κ2) is 6.42. The van der Waals surface area contributed by atoms with E-state index in [0.717, 1.165) is 19.3 Å². The Balaban J connectivity index is 2.57. The van der Waals surface area contributed by atoms with E-state index in [1.54, 1.807) is 19.0 Å². The van der Waals surface area contributed by atoms with Crippen LogP contribution in [0.4, 0.5) is 0 Å². The first-order chi connectivity index (χ1) is 8.06. The summed E-state index contributed by atoms with van der Waals surface area (Å²) in [6.07, 6.45) is 6.86. The van der Waals surface area contributed by atoms with E-state index in [-0.39, 0.29) is 24.3 Å². The van der Waals surface area contributed by atoms with Gasteiger partial charge >= 0.3 is 0 Å². The number of hydrogen-bond acceptors (Lipinski definition) is 2. The molecule has 0 saturated heterocycles. The average Bonchev–Trinajstić information content (AvgIpc) is 2.35. The molecule has 0 spiro atoms. The third-order valence-corrected chi connectivity index (χ3v) is 3.14. The van der Waals surface area contributed by atoms with Crippen LogP contribution in [0.2, 0.25) is 0 Å². The third kappa shape index (κ3) is 3.88. The standard InChI is InChI=1S/C13H22N2O2/c1-4-15(10-12(16)14(2)3)13(17)11-8-6-5-7-9-11/h5-6,11H,4,7-10H2,1-3H3/t11-/m1/s1. The van der Waals surface area contributed by atoms with Crippen LogP contribution in [0.15, 0.2) is 12.2 Å². The van der Waals surface area contributed by atoms with Crippen LogP contribution in [-0.2, 0) is 9.59 Å². The largest absolute Gasteiger partial charge is 0.347 e. The predicted octanol–water partition coefficient (Wildman–Crippen LogP) is 1.28. The first kappa shape index (κ1) is 13.7. The van der Waals surface area contributed by atoms with Crippen molar-refractivity contribution >= 4 is 11.8 Å². The van der Waals surface area contributed by atoms with E-state index in [2.05, 4.69) is 12.2 Å². The Hall–Kier alpha value is -1.32. The lowest BCUT2D eigenvalue weighted by Gasteiger charge is -2.27. The van der Waals surface area contributed by atoms with Crippen molar-refractivity contribution in [3.05, 3.63) is 12.2 Å². The van der Waals surface area contributed by atoms with Crippen molar-refractivity contribution in [2.75, 3.05) is 27.2 Å². The highest BCUT2D eigenvalue weighted by molar-refractivity contribution is 5.85. The fourth-order valence-corrected chi connectivity index (χ4v) is 1.93. The smallest absolute Gasteiger partial charge is 0.241 e. The molecule has 0 fully saturated rings. The van der Waals surface area contributed by atoms with Crippen LogP contribution in [-0.4, -0.2) is 48.8 Å². The number of nitrogens with zero attached hydrogens (tertiary/aromatic N) is 2. The quantitative estimate of drug-likeness (QED) is 0.692. The molecule has 4 heteroatoms. The second-order valence-electron chi connectivity index (χ2n) is 4.62. The second-order valence-corrected chi connectivity index (χ2v) is 4.62. The number of allylic oxidation sites excluding steroid dienone is 2. The zero-order chi connectivity index (χ0) is 12.8. The van der Waals surface area contributed by atoms with E-state index < -0.39 is 0 Å². The lowest BCUT2D eigenvalue weighted by Crippen LogP contribution is -2.43. The summed E-state index contributed by atoms with van der Waals surface area (Å²) >= 11 is 0. The van der Waals surface area contributed by atoms with Crippen LogP contribution in [0.1, 0.15) is 26.2 Å². The first-order valence-corrected chi connectivity index (χ1v) is 6.20. The molecule has 2 amide bonds. The molecule has 96 valence electrons. The molecule has 0 aromatic carbocycles. The summed E-state index contributed by atoms with van der Waals surface area (Å²) in [5.41, 5.74) is 0. The van der Waals surface area contributed by atoms with Crippen LogP contribution in [0.3, 0.4) is 0 Å². The van der Waals surface area contributed by atoms with Crippen LogP contribution in [0.25, 0.3) is 0 Å². The molecule has 0 heterocycles. The molecular weight excluding hydrogens is 216 g/mol. The maximum atomic E-state index is 12.2. The maximum Gasteiger partial charge on any atom is 0.241 e. The van der Waals surface area contributed by atoms with Crippen LogP contribution in [0, 0.1) is 5.92 Å². The minimum Gasteiger partial charge on any atom is -0.347 e. The monoisotopic (exact) mass is 238 g/mol. The van der Waals surface area contributed by atoms with Gasteiger partial charge in [-0.1, -0.05) is 12.2 Å². The van der Waals surface area contributed by atoms with Crippen LogP contribution >= 0.6 is 0 Å². The normalized spacial score (nSPS) is 18.9. The van der Waals surface area contributed by atoms with Gasteiger partial charge in [-0.3, -0.25) is 9.59 Å². The van der Waals surface area contributed by atoms with E-state index in [1.165, 1.54) is 4.90 Å². The predicted molar refractivity (Wildman–Crippen MR) is 67.4 cm³/mol. The molecule has 0 bridgehead atoms. The summed E-state index contributed by atoms with van der Waals surface area (Å²) in [5, 5.41) is 0. The van der Waals surface area contributed by atoms with Gasteiger partial charge in [0.2, 0.25) is 11.8 Å². The van der Waals surface area contributed by atoms with E-state index in [9.17, 15) is 9.59 Å². The Labute approximate surface area is 103 Å². The van der Waals surface area contributed by atoms with Crippen molar-refractivity contribution in [3.63, 3.8) is 0 Å². The van der Waals surface area contributed by atoms with Crippen molar-refractivity contribution in [2.24, 2.45) is 5.92 Å². The van der Waals surface area contributed by atoms with Crippen molar-refractivity contribution in [1.82, 2.24) is 9.80 Å².